The van der Waals surface area contributed by atoms with Gasteiger partial charge in [0.05, 0.1) is 12.7 Å². The van der Waals surface area contributed by atoms with Crippen LogP contribution in [0.15, 0.2) is 36.4 Å². The van der Waals surface area contributed by atoms with Gasteiger partial charge < -0.3 is 9.84 Å². The molecule has 0 heterocycles. The van der Waals surface area contributed by atoms with Crippen molar-refractivity contribution in [1.82, 2.24) is 0 Å². The molecule has 0 saturated heterocycles. The zero-order valence-electron chi connectivity index (χ0n) is 10.8. The van der Waals surface area contributed by atoms with Gasteiger partial charge in [-0.15, -0.1) is 0 Å². The fourth-order valence-corrected chi connectivity index (χ4v) is 1.72. The van der Waals surface area contributed by atoms with Crippen LogP contribution in [-0.2, 0) is 0 Å². The Bertz CT molecular complexity index is 646. The van der Waals surface area contributed by atoms with Gasteiger partial charge in [0, 0.05) is 11.6 Å². The van der Waals surface area contributed by atoms with Crippen LogP contribution in [0.2, 0.25) is 0 Å². The largest absolute Gasteiger partial charge is 0.507 e. The monoisotopic (exact) mass is 272 g/mol. The molecule has 1 N–H and O–H groups in total. The molecule has 2 rings (SSSR count). The summed E-state index contributed by atoms with van der Waals surface area (Å²) in [6.07, 6.45) is 3.74. The van der Waals surface area contributed by atoms with E-state index in [4.69, 9.17) is 4.74 Å². The van der Waals surface area contributed by atoms with Crippen molar-refractivity contribution in [2.45, 2.75) is 0 Å². The molecule has 4 heteroatoms. The lowest BCUT2D eigenvalue weighted by Gasteiger charge is -2.02. The van der Waals surface area contributed by atoms with Crippen LogP contribution in [0.5, 0.6) is 11.5 Å². The maximum Gasteiger partial charge on any atom is 0.153 e. The number of carbonyl (C=O) groups excluding carboxylic acids is 1. The highest BCUT2D eigenvalue weighted by Gasteiger charge is 2.06. The van der Waals surface area contributed by atoms with E-state index in [1.54, 1.807) is 31.4 Å². The third-order valence-electron chi connectivity index (χ3n) is 2.84. The van der Waals surface area contributed by atoms with Crippen LogP contribution >= 0.6 is 0 Å². The fourth-order valence-electron chi connectivity index (χ4n) is 1.72. The molecular formula is C16H13FO3. The van der Waals surface area contributed by atoms with Crippen molar-refractivity contribution in [2.24, 2.45) is 0 Å². The summed E-state index contributed by atoms with van der Waals surface area (Å²) in [5.74, 6) is -0.210. The summed E-state index contributed by atoms with van der Waals surface area (Å²) in [4.78, 5) is 10.7. The van der Waals surface area contributed by atoms with Crippen LogP contribution in [-0.4, -0.2) is 18.5 Å². The Kier molecular flexibility index (Phi) is 4.15. The maximum atomic E-state index is 13.6. The van der Waals surface area contributed by atoms with Gasteiger partial charge in [0.1, 0.15) is 17.3 Å². The third kappa shape index (κ3) is 3.03. The van der Waals surface area contributed by atoms with E-state index in [1.165, 1.54) is 6.07 Å². The summed E-state index contributed by atoms with van der Waals surface area (Å²) >= 11 is 0. The van der Waals surface area contributed by atoms with Gasteiger partial charge in [-0.3, -0.25) is 4.79 Å². The first-order valence-corrected chi connectivity index (χ1v) is 5.94. The van der Waals surface area contributed by atoms with E-state index < -0.39 is 5.82 Å². The molecule has 20 heavy (non-hydrogen) atoms. The van der Waals surface area contributed by atoms with Crippen molar-refractivity contribution in [3.05, 3.63) is 58.9 Å². The predicted octanol–water partition coefficient (Wildman–Crippen LogP) is 3.52. The van der Waals surface area contributed by atoms with Crippen molar-refractivity contribution in [3.8, 4) is 11.5 Å². The second-order valence-corrected chi connectivity index (χ2v) is 4.16. The molecule has 0 amide bonds. The molecule has 0 atom stereocenters. The number of benzene rings is 2. The molecule has 0 aliphatic rings. The minimum atomic E-state index is -0.585. The highest BCUT2D eigenvalue weighted by atomic mass is 19.1. The number of ether oxygens (including phenoxy) is 1. The van der Waals surface area contributed by atoms with Crippen molar-refractivity contribution >= 4 is 18.4 Å². The first kappa shape index (κ1) is 13.8. The van der Waals surface area contributed by atoms with E-state index in [1.807, 2.05) is 12.1 Å². The molecule has 2 aromatic rings. The van der Waals surface area contributed by atoms with Gasteiger partial charge in [0.2, 0.25) is 0 Å². The number of phenols is 1. The predicted molar refractivity (Wildman–Crippen MR) is 75.4 cm³/mol. The summed E-state index contributed by atoms with van der Waals surface area (Å²) in [6.45, 7) is 0. The Labute approximate surface area is 115 Å². The van der Waals surface area contributed by atoms with Gasteiger partial charge in [0.15, 0.2) is 6.29 Å². The van der Waals surface area contributed by atoms with Gasteiger partial charge >= 0.3 is 0 Å². The smallest absolute Gasteiger partial charge is 0.153 e. The maximum absolute atomic E-state index is 13.6. The van der Waals surface area contributed by atoms with Crippen LogP contribution in [0, 0.1) is 5.82 Å². The number of carbonyl (C=O) groups is 1. The Balaban J connectivity index is 2.28. The van der Waals surface area contributed by atoms with Crippen molar-refractivity contribution in [3.63, 3.8) is 0 Å². The number of hydrogen-bond acceptors (Lipinski definition) is 3. The average molecular weight is 272 g/mol. The molecule has 0 radical (unpaired) electrons. The highest BCUT2D eigenvalue weighted by Crippen LogP contribution is 2.22. The topological polar surface area (TPSA) is 46.5 Å². The van der Waals surface area contributed by atoms with Gasteiger partial charge in [-0.25, -0.2) is 4.39 Å². The molecule has 0 unspecified atom stereocenters. The van der Waals surface area contributed by atoms with Gasteiger partial charge in [0.25, 0.3) is 0 Å². The first-order chi connectivity index (χ1) is 9.63. The molecule has 102 valence electrons. The zero-order chi connectivity index (χ0) is 14.5. The fraction of sp³-hybridized carbons (Fsp3) is 0.0625. The van der Waals surface area contributed by atoms with Crippen molar-refractivity contribution < 1.29 is 19.0 Å². The van der Waals surface area contributed by atoms with Gasteiger partial charge in [-0.05, 0) is 23.8 Å². The summed E-state index contributed by atoms with van der Waals surface area (Å²) in [5, 5.41) is 9.35. The van der Waals surface area contributed by atoms with E-state index in [9.17, 15) is 14.3 Å². The Hall–Kier alpha value is -2.62. The Morgan fingerprint density at radius 2 is 1.80 bits per heavy atom. The molecule has 0 aromatic heterocycles. The van der Waals surface area contributed by atoms with Crippen LogP contribution in [0.1, 0.15) is 21.5 Å². The summed E-state index contributed by atoms with van der Waals surface area (Å²) in [6, 6.07) is 9.48. The quantitative estimate of drug-likeness (QED) is 0.684. The highest BCUT2D eigenvalue weighted by molar-refractivity contribution is 5.82. The van der Waals surface area contributed by atoms with E-state index in [0.717, 1.165) is 17.4 Å². The van der Waals surface area contributed by atoms with Crippen molar-refractivity contribution in [2.75, 3.05) is 7.11 Å². The average Bonchev–Trinajstić information content (AvgIpc) is 2.47. The zero-order valence-corrected chi connectivity index (χ0v) is 10.8. The van der Waals surface area contributed by atoms with Crippen molar-refractivity contribution in [1.29, 1.82) is 0 Å². The lowest BCUT2D eigenvalue weighted by Crippen LogP contribution is -1.88. The molecule has 0 aliphatic carbocycles. The minimum absolute atomic E-state index is 0.0563. The first-order valence-electron chi connectivity index (χ1n) is 5.94. The summed E-state index contributed by atoms with van der Waals surface area (Å²) in [5.41, 5.74) is 1.16. The lowest BCUT2D eigenvalue weighted by molar-refractivity contribution is 0.112. The summed E-state index contributed by atoms with van der Waals surface area (Å²) in [7, 11) is 1.58. The number of rotatable bonds is 4. The minimum Gasteiger partial charge on any atom is -0.507 e. The number of halogens is 1. The van der Waals surface area contributed by atoms with Crippen LogP contribution in [0.25, 0.3) is 12.2 Å². The molecular weight excluding hydrogens is 259 g/mol. The lowest BCUT2D eigenvalue weighted by atomic mass is 10.1. The molecule has 2 aromatic carbocycles. The number of hydrogen-bond donors (Lipinski definition) is 1. The standard InChI is InChI=1S/C16H13FO3/c1-20-14-6-3-11(4-7-14)2-5-12-8-13(10-18)16(19)9-15(12)17/h2-10,19H,1H3. The third-order valence-corrected chi connectivity index (χ3v) is 2.84. The van der Waals surface area contributed by atoms with E-state index in [0.29, 0.717) is 6.29 Å². The van der Waals surface area contributed by atoms with Gasteiger partial charge in [-0.1, -0.05) is 24.3 Å². The van der Waals surface area contributed by atoms with Gasteiger partial charge in [-0.2, -0.15) is 0 Å². The second-order valence-electron chi connectivity index (χ2n) is 4.16. The Morgan fingerprint density at radius 3 is 2.40 bits per heavy atom. The van der Waals surface area contributed by atoms with Crippen LogP contribution < -0.4 is 4.74 Å². The van der Waals surface area contributed by atoms with Crippen LogP contribution in [0.4, 0.5) is 4.39 Å². The number of methoxy groups -OCH3 is 1. The number of aldehydes is 1. The number of phenolic OH excluding ortho intramolecular Hbond substituents is 1. The molecule has 0 bridgehead atoms. The van der Waals surface area contributed by atoms with Crippen LogP contribution in [0.3, 0.4) is 0 Å². The second kappa shape index (κ2) is 6.02. The Morgan fingerprint density at radius 1 is 1.10 bits per heavy atom. The molecule has 0 fully saturated rings. The van der Waals surface area contributed by atoms with E-state index in [-0.39, 0.29) is 16.9 Å². The molecule has 3 nitrogen and oxygen atoms in total. The van der Waals surface area contributed by atoms with E-state index in [2.05, 4.69) is 0 Å². The van der Waals surface area contributed by atoms with E-state index >= 15 is 0 Å². The summed E-state index contributed by atoms with van der Waals surface area (Å²) < 4.78 is 18.7. The molecule has 0 saturated carbocycles. The number of aromatic hydroxyl groups is 1. The SMILES string of the molecule is COc1ccc(C=Cc2cc(C=O)c(O)cc2F)cc1. The molecule has 0 spiro atoms. The normalized spacial score (nSPS) is 10.7. The molecule has 0 aliphatic heterocycles.